The second-order valence-electron chi connectivity index (χ2n) is 7.14. The Balaban J connectivity index is 2.12. The van der Waals surface area contributed by atoms with Gasteiger partial charge in [0.15, 0.2) is 5.78 Å². The van der Waals surface area contributed by atoms with E-state index in [0.29, 0.717) is 49.0 Å². The number of rotatable bonds is 6. The number of nitrogens with zero attached hydrogens (tertiary/aromatic N) is 1. The van der Waals surface area contributed by atoms with Crippen LogP contribution in [-0.2, 0) is 9.63 Å². The molecule has 0 aromatic carbocycles. The summed E-state index contributed by atoms with van der Waals surface area (Å²) in [4.78, 5) is 17.8. The number of hydrogen-bond acceptors (Lipinski definition) is 4. The fourth-order valence-corrected chi connectivity index (χ4v) is 3.94. The van der Waals surface area contributed by atoms with Crippen molar-refractivity contribution in [2.45, 2.75) is 72.1 Å². The zero-order chi connectivity index (χ0) is 16.8. The van der Waals surface area contributed by atoms with E-state index in [4.69, 9.17) is 4.84 Å². The van der Waals surface area contributed by atoms with Gasteiger partial charge in [0.2, 0.25) is 0 Å². The van der Waals surface area contributed by atoms with Crippen LogP contribution < -0.4 is 0 Å². The first-order valence-corrected chi connectivity index (χ1v) is 9.21. The van der Waals surface area contributed by atoms with Gasteiger partial charge in [0.25, 0.3) is 0 Å². The molecule has 0 aromatic rings. The standard InChI is InChI=1S/C19H31NO3/c1-4-6-16(20-23-5-2)19-17(21)11-15(12-18(19)22)14-9-7-13(3)8-10-14/h13-15,21H,4-12H2,1-3H3. The van der Waals surface area contributed by atoms with Gasteiger partial charge in [-0.25, -0.2) is 0 Å². The molecule has 1 fully saturated rings. The van der Waals surface area contributed by atoms with Crippen molar-refractivity contribution in [3.05, 3.63) is 11.3 Å². The average Bonchev–Trinajstić information content (AvgIpc) is 2.52. The molecule has 1 saturated carbocycles. The summed E-state index contributed by atoms with van der Waals surface area (Å²) in [6, 6.07) is 0. The minimum absolute atomic E-state index is 0.0456. The molecule has 2 aliphatic carbocycles. The van der Waals surface area contributed by atoms with Gasteiger partial charge in [-0.1, -0.05) is 38.3 Å². The Bertz CT molecular complexity index is 473. The summed E-state index contributed by atoms with van der Waals surface area (Å²) >= 11 is 0. The van der Waals surface area contributed by atoms with Crippen LogP contribution >= 0.6 is 0 Å². The Labute approximate surface area is 140 Å². The monoisotopic (exact) mass is 321 g/mol. The minimum atomic E-state index is 0.0456. The molecule has 0 spiro atoms. The van der Waals surface area contributed by atoms with Crippen molar-refractivity contribution in [3.63, 3.8) is 0 Å². The highest BCUT2D eigenvalue weighted by atomic mass is 16.6. The number of carbonyl (C=O) groups is 1. The lowest BCUT2D eigenvalue weighted by Gasteiger charge is -2.34. The number of aliphatic hydroxyl groups is 1. The highest BCUT2D eigenvalue weighted by Crippen LogP contribution is 2.40. The van der Waals surface area contributed by atoms with Crippen molar-refractivity contribution in [2.75, 3.05) is 6.61 Å². The van der Waals surface area contributed by atoms with Crippen LogP contribution in [0, 0.1) is 17.8 Å². The Morgan fingerprint density at radius 3 is 2.43 bits per heavy atom. The maximum Gasteiger partial charge on any atom is 0.168 e. The maximum absolute atomic E-state index is 12.6. The Morgan fingerprint density at radius 1 is 1.17 bits per heavy atom. The van der Waals surface area contributed by atoms with E-state index >= 15 is 0 Å². The number of carbonyl (C=O) groups excluding carboxylic acids is 1. The number of allylic oxidation sites excluding steroid dienone is 2. The molecular weight excluding hydrogens is 290 g/mol. The summed E-state index contributed by atoms with van der Waals surface area (Å²) in [6.45, 7) is 6.68. The summed E-state index contributed by atoms with van der Waals surface area (Å²) in [5, 5.41) is 14.6. The smallest absolute Gasteiger partial charge is 0.168 e. The van der Waals surface area contributed by atoms with E-state index < -0.39 is 0 Å². The lowest BCUT2D eigenvalue weighted by atomic mass is 9.70. The maximum atomic E-state index is 12.6. The van der Waals surface area contributed by atoms with Crippen LogP contribution in [0.15, 0.2) is 16.5 Å². The van der Waals surface area contributed by atoms with Crippen LogP contribution in [0.5, 0.6) is 0 Å². The molecule has 23 heavy (non-hydrogen) atoms. The number of Topliss-reactive ketones (excluding diaryl/α,β-unsaturated/α-hetero) is 1. The second-order valence-corrected chi connectivity index (χ2v) is 7.14. The van der Waals surface area contributed by atoms with Crippen LogP contribution in [0.2, 0.25) is 0 Å². The van der Waals surface area contributed by atoms with Crippen LogP contribution in [0.4, 0.5) is 0 Å². The van der Waals surface area contributed by atoms with Crippen molar-refractivity contribution in [2.24, 2.45) is 22.9 Å². The van der Waals surface area contributed by atoms with Crippen molar-refractivity contribution < 1.29 is 14.7 Å². The zero-order valence-electron chi connectivity index (χ0n) is 14.8. The predicted octanol–water partition coefficient (Wildman–Crippen LogP) is 4.80. The SMILES string of the molecule is CCCC(=NOCC)C1=C(O)CC(C2CCC(C)CC2)CC1=O. The van der Waals surface area contributed by atoms with Gasteiger partial charge in [-0.2, -0.15) is 0 Å². The fourth-order valence-electron chi connectivity index (χ4n) is 3.94. The summed E-state index contributed by atoms with van der Waals surface area (Å²) in [5.41, 5.74) is 1.05. The Morgan fingerprint density at radius 2 is 1.87 bits per heavy atom. The molecule has 4 heteroatoms. The molecule has 1 unspecified atom stereocenters. The minimum Gasteiger partial charge on any atom is -0.511 e. The van der Waals surface area contributed by atoms with E-state index in [1.54, 1.807) is 0 Å². The third-order valence-electron chi connectivity index (χ3n) is 5.28. The van der Waals surface area contributed by atoms with E-state index in [1.807, 2.05) is 13.8 Å². The predicted molar refractivity (Wildman–Crippen MR) is 92.5 cm³/mol. The first kappa shape index (κ1) is 18.0. The van der Waals surface area contributed by atoms with Crippen molar-refractivity contribution in [1.82, 2.24) is 0 Å². The van der Waals surface area contributed by atoms with E-state index in [-0.39, 0.29) is 11.5 Å². The van der Waals surface area contributed by atoms with Crippen molar-refractivity contribution >= 4 is 11.5 Å². The highest BCUT2D eigenvalue weighted by molar-refractivity contribution is 6.23. The molecule has 2 aliphatic rings. The lowest BCUT2D eigenvalue weighted by Crippen LogP contribution is -2.30. The summed E-state index contributed by atoms with van der Waals surface area (Å²) in [5.74, 6) is 1.96. The molecule has 0 amide bonds. The van der Waals surface area contributed by atoms with Gasteiger partial charge >= 0.3 is 0 Å². The summed E-state index contributed by atoms with van der Waals surface area (Å²) < 4.78 is 0. The molecule has 1 atom stereocenters. The second kappa shape index (κ2) is 8.51. The van der Waals surface area contributed by atoms with Gasteiger partial charge in [-0.15, -0.1) is 0 Å². The molecule has 0 aliphatic heterocycles. The van der Waals surface area contributed by atoms with Gasteiger partial charge in [0.05, 0.1) is 11.3 Å². The fraction of sp³-hybridized carbons (Fsp3) is 0.789. The molecule has 1 N–H and O–H groups in total. The van der Waals surface area contributed by atoms with Crippen molar-refractivity contribution in [3.8, 4) is 0 Å². The van der Waals surface area contributed by atoms with E-state index in [0.717, 1.165) is 12.3 Å². The number of ketones is 1. The first-order valence-electron chi connectivity index (χ1n) is 9.21. The van der Waals surface area contributed by atoms with Crippen LogP contribution in [0.1, 0.15) is 72.1 Å². The number of oxime groups is 1. The quantitative estimate of drug-likeness (QED) is 0.565. The molecule has 0 aromatic heterocycles. The van der Waals surface area contributed by atoms with Crippen LogP contribution in [0.25, 0.3) is 0 Å². The molecule has 130 valence electrons. The molecule has 0 bridgehead atoms. The number of aliphatic hydroxyl groups excluding tert-OH is 1. The van der Waals surface area contributed by atoms with Crippen molar-refractivity contribution in [1.29, 1.82) is 0 Å². The van der Waals surface area contributed by atoms with Gasteiger partial charge in [0, 0.05) is 12.8 Å². The highest BCUT2D eigenvalue weighted by Gasteiger charge is 2.35. The van der Waals surface area contributed by atoms with E-state index in [9.17, 15) is 9.90 Å². The molecule has 2 rings (SSSR count). The summed E-state index contributed by atoms with van der Waals surface area (Å²) in [7, 11) is 0. The Hall–Kier alpha value is -1.32. The summed E-state index contributed by atoms with van der Waals surface area (Å²) in [6.07, 6.45) is 7.59. The first-order chi connectivity index (χ1) is 11.1. The number of hydrogen-bond donors (Lipinski definition) is 1. The van der Waals surface area contributed by atoms with Gasteiger partial charge in [0.1, 0.15) is 12.4 Å². The zero-order valence-corrected chi connectivity index (χ0v) is 14.8. The van der Waals surface area contributed by atoms with E-state index in [1.165, 1.54) is 25.7 Å². The normalized spacial score (nSPS) is 29.8. The lowest BCUT2D eigenvalue weighted by molar-refractivity contribution is -0.117. The van der Waals surface area contributed by atoms with Crippen LogP contribution in [0.3, 0.4) is 0 Å². The molecule has 0 radical (unpaired) electrons. The topological polar surface area (TPSA) is 58.9 Å². The molecule has 0 heterocycles. The van der Waals surface area contributed by atoms with E-state index in [2.05, 4.69) is 12.1 Å². The van der Waals surface area contributed by atoms with Gasteiger partial charge in [-0.3, -0.25) is 4.79 Å². The van der Waals surface area contributed by atoms with Gasteiger partial charge < -0.3 is 9.94 Å². The van der Waals surface area contributed by atoms with Gasteiger partial charge in [-0.05, 0) is 43.9 Å². The molecular formula is C19H31NO3. The van der Waals surface area contributed by atoms with Crippen LogP contribution in [-0.4, -0.2) is 23.2 Å². The largest absolute Gasteiger partial charge is 0.511 e. The third kappa shape index (κ3) is 4.58. The molecule has 0 saturated heterocycles. The third-order valence-corrected chi connectivity index (χ3v) is 5.28. The average molecular weight is 321 g/mol. The Kier molecular flexibility index (Phi) is 6.67. The molecule has 4 nitrogen and oxygen atoms in total.